The van der Waals surface area contributed by atoms with E-state index in [2.05, 4.69) is 10.6 Å². The van der Waals surface area contributed by atoms with E-state index in [-0.39, 0.29) is 6.04 Å². The zero-order valence-corrected chi connectivity index (χ0v) is 13.6. The van der Waals surface area contributed by atoms with Crippen molar-refractivity contribution in [2.24, 2.45) is 0 Å². The third kappa shape index (κ3) is 4.47. The number of carbonyl (C=O) groups is 2. The zero-order valence-electron chi connectivity index (χ0n) is 12.8. The molecule has 0 unspecified atom stereocenters. The summed E-state index contributed by atoms with van der Waals surface area (Å²) in [6.07, 6.45) is 0. The molecule has 0 aliphatic heterocycles. The zero-order chi connectivity index (χ0) is 16.8. The van der Waals surface area contributed by atoms with Crippen LogP contribution in [0.15, 0.2) is 48.5 Å². The van der Waals surface area contributed by atoms with E-state index < -0.39 is 11.8 Å². The second-order valence-corrected chi connectivity index (χ2v) is 5.34. The van der Waals surface area contributed by atoms with Gasteiger partial charge in [-0.1, -0.05) is 41.9 Å². The molecule has 2 rings (SSSR count). The fourth-order valence-electron chi connectivity index (χ4n) is 2.04. The Labute approximate surface area is 139 Å². The normalized spacial score (nSPS) is 11.4. The van der Waals surface area contributed by atoms with Crippen molar-refractivity contribution in [1.29, 1.82) is 0 Å². The molecule has 0 aliphatic carbocycles. The standard InChI is InChI=1S/C17H17ClN2O3/c1-11(12-6-4-3-5-7-12)19-16(21)17(22)20-14-10-13(18)8-9-15(14)23-2/h3-11H,1-2H3,(H,19,21)(H,20,22)/t11-/m1/s1. The number of amides is 2. The minimum Gasteiger partial charge on any atom is -0.495 e. The summed E-state index contributed by atoms with van der Waals surface area (Å²) < 4.78 is 5.13. The van der Waals surface area contributed by atoms with Crippen LogP contribution in [0.3, 0.4) is 0 Å². The number of halogens is 1. The average molecular weight is 333 g/mol. The van der Waals surface area contributed by atoms with E-state index in [1.807, 2.05) is 30.3 Å². The number of benzene rings is 2. The van der Waals surface area contributed by atoms with Gasteiger partial charge in [0.15, 0.2) is 0 Å². The molecule has 0 saturated carbocycles. The predicted molar refractivity (Wildman–Crippen MR) is 89.6 cm³/mol. The van der Waals surface area contributed by atoms with Gasteiger partial charge in [-0.3, -0.25) is 9.59 Å². The molecule has 120 valence electrons. The van der Waals surface area contributed by atoms with Gasteiger partial charge in [0.25, 0.3) is 0 Å². The Balaban J connectivity index is 2.03. The van der Waals surface area contributed by atoms with Gasteiger partial charge in [0.05, 0.1) is 18.8 Å². The van der Waals surface area contributed by atoms with Gasteiger partial charge in [-0.05, 0) is 30.7 Å². The first-order valence-electron chi connectivity index (χ1n) is 7.01. The molecule has 0 heterocycles. The smallest absolute Gasteiger partial charge is 0.313 e. The lowest BCUT2D eigenvalue weighted by molar-refractivity contribution is -0.136. The summed E-state index contributed by atoms with van der Waals surface area (Å²) in [5.41, 5.74) is 1.25. The number of carbonyl (C=O) groups excluding carboxylic acids is 2. The Kier molecular flexibility index (Phi) is 5.60. The molecule has 2 amide bonds. The molecule has 1 atom stereocenters. The first-order chi connectivity index (χ1) is 11.0. The summed E-state index contributed by atoms with van der Waals surface area (Å²) >= 11 is 5.89. The van der Waals surface area contributed by atoms with E-state index in [0.29, 0.717) is 16.5 Å². The van der Waals surface area contributed by atoms with Crippen molar-refractivity contribution < 1.29 is 14.3 Å². The van der Waals surface area contributed by atoms with Crippen molar-refractivity contribution >= 4 is 29.1 Å². The molecule has 2 N–H and O–H groups in total. The second-order valence-electron chi connectivity index (χ2n) is 4.90. The predicted octanol–water partition coefficient (Wildman–Crippen LogP) is 3.16. The SMILES string of the molecule is COc1ccc(Cl)cc1NC(=O)C(=O)N[C@H](C)c1ccccc1. The van der Waals surface area contributed by atoms with Gasteiger partial charge >= 0.3 is 11.8 Å². The molecular formula is C17H17ClN2O3. The summed E-state index contributed by atoms with van der Waals surface area (Å²) in [6, 6.07) is 13.9. The first-order valence-corrected chi connectivity index (χ1v) is 7.39. The fraction of sp³-hybridized carbons (Fsp3) is 0.176. The van der Waals surface area contributed by atoms with Crippen LogP contribution >= 0.6 is 11.6 Å². The van der Waals surface area contributed by atoms with Crippen LogP contribution in [0, 0.1) is 0 Å². The van der Waals surface area contributed by atoms with Crippen LogP contribution in [0.1, 0.15) is 18.5 Å². The molecule has 23 heavy (non-hydrogen) atoms. The summed E-state index contributed by atoms with van der Waals surface area (Å²) in [7, 11) is 1.47. The highest BCUT2D eigenvalue weighted by Crippen LogP contribution is 2.27. The Morgan fingerprint density at radius 3 is 2.43 bits per heavy atom. The van der Waals surface area contributed by atoms with Crippen molar-refractivity contribution in [3.63, 3.8) is 0 Å². The van der Waals surface area contributed by atoms with E-state index >= 15 is 0 Å². The Hall–Kier alpha value is -2.53. The van der Waals surface area contributed by atoms with E-state index in [1.54, 1.807) is 19.1 Å². The molecule has 0 bridgehead atoms. The van der Waals surface area contributed by atoms with E-state index in [0.717, 1.165) is 5.56 Å². The number of ether oxygens (including phenoxy) is 1. The molecule has 5 nitrogen and oxygen atoms in total. The molecule has 0 saturated heterocycles. The van der Waals surface area contributed by atoms with Gasteiger partial charge in [-0.15, -0.1) is 0 Å². The number of rotatable bonds is 4. The molecule has 0 radical (unpaired) electrons. The molecule has 2 aromatic carbocycles. The lowest BCUT2D eigenvalue weighted by Gasteiger charge is -2.15. The fourth-order valence-corrected chi connectivity index (χ4v) is 2.22. The highest BCUT2D eigenvalue weighted by molar-refractivity contribution is 6.40. The summed E-state index contributed by atoms with van der Waals surface area (Å²) in [4.78, 5) is 24.1. The molecule has 2 aromatic rings. The van der Waals surface area contributed by atoms with Crippen molar-refractivity contribution in [1.82, 2.24) is 5.32 Å². The summed E-state index contributed by atoms with van der Waals surface area (Å²) in [6.45, 7) is 1.81. The van der Waals surface area contributed by atoms with Gasteiger partial charge < -0.3 is 15.4 Å². The van der Waals surface area contributed by atoms with Crippen LogP contribution < -0.4 is 15.4 Å². The Morgan fingerprint density at radius 2 is 1.78 bits per heavy atom. The summed E-state index contributed by atoms with van der Waals surface area (Å²) in [5.74, 6) is -1.09. The van der Waals surface area contributed by atoms with Crippen LogP contribution in [0.2, 0.25) is 5.02 Å². The number of hydrogen-bond acceptors (Lipinski definition) is 3. The highest BCUT2D eigenvalue weighted by Gasteiger charge is 2.18. The number of anilines is 1. The number of nitrogens with one attached hydrogen (secondary N) is 2. The van der Waals surface area contributed by atoms with E-state index in [4.69, 9.17) is 16.3 Å². The lowest BCUT2D eigenvalue weighted by atomic mass is 10.1. The van der Waals surface area contributed by atoms with Crippen LogP contribution in [0.25, 0.3) is 0 Å². The molecule has 0 aliphatic rings. The van der Waals surface area contributed by atoms with Gasteiger partial charge in [-0.2, -0.15) is 0 Å². The molecule has 0 fully saturated rings. The average Bonchev–Trinajstić information content (AvgIpc) is 2.55. The number of methoxy groups -OCH3 is 1. The monoisotopic (exact) mass is 332 g/mol. The Morgan fingerprint density at radius 1 is 1.09 bits per heavy atom. The van der Waals surface area contributed by atoms with Crippen LogP contribution in [-0.2, 0) is 9.59 Å². The molecule has 6 heteroatoms. The van der Waals surface area contributed by atoms with Gasteiger partial charge in [0.2, 0.25) is 0 Å². The molecule has 0 spiro atoms. The van der Waals surface area contributed by atoms with Crippen molar-refractivity contribution in [3.8, 4) is 5.75 Å². The molecule has 0 aromatic heterocycles. The maximum Gasteiger partial charge on any atom is 0.313 e. The van der Waals surface area contributed by atoms with Gasteiger partial charge in [0.1, 0.15) is 5.75 Å². The molecular weight excluding hydrogens is 316 g/mol. The quantitative estimate of drug-likeness (QED) is 0.845. The Bertz CT molecular complexity index is 704. The van der Waals surface area contributed by atoms with Crippen LogP contribution in [0.5, 0.6) is 5.75 Å². The first kappa shape index (κ1) is 16.8. The maximum absolute atomic E-state index is 12.0. The summed E-state index contributed by atoms with van der Waals surface area (Å²) in [5, 5.41) is 5.57. The minimum absolute atomic E-state index is 0.282. The maximum atomic E-state index is 12.0. The van der Waals surface area contributed by atoms with Crippen LogP contribution in [0.4, 0.5) is 5.69 Å². The second kappa shape index (κ2) is 7.65. The third-order valence-electron chi connectivity index (χ3n) is 3.26. The van der Waals surface area contributed by atoms with Crippen molar-refractivity contribution in [3.05, 3.63) is 59.1 Å². The van der Waals surface area contributed by atoms with Gasteiger partial charge in [-0.25, -0.2) is 0 Å². The third-order valence-corrected chi connectivity index (χ3v) is 3.50. The topological polar surface area (TPSA) is 67.4 Å². The van der Waals surface area contributed by atoms with Gasteiger partial charge in [0, 0.05) is 5.02 Å². The largest absolute Gasteiger partial charge is 0.495 e. The van der Waals surface area contributed by atoms with E-state index in [9.17, 15) is 9.59 Å². The number of hydrogen-bond donors (Lipinski definition) is 2. The van der Waals surface area contributed by atoms with Crippen LogP contribution in [-0.4, -0.2) is 18.9 Å². The lowest BCUT2D eigenvalue weighted by Crippen LogP contribution is -2.37. The highest BCUT2D eigenvalue weighted by atomic mass is 35.5. The van der Waals surface area contributed by atoms with Crippen molar-refractivity contribution in [2.75, 3.05) is 12.4 Å². The van der Waals surface area contributed by atoms with E-state index in [1.165, 1.54) is 13.2 Å². The minimum atomic E-state index is -0.784. The van der Waals surface area contributed by atoms with Crippen molar-refractivity contribution in [2.45, 2.75) is 13.0 Å².